The van der Waals surface area contributed by atoms with Crippen molar-refractivity contribution in [2.45, 2.75) is 31.7 Å². The molecule has 7 nitrogen and oxygen atoms in total. The smallest absolute Gasteiger partial charge is 0.191 e. The van der Waals surface area contributed by atoms with Gasteiger partial charge in [-0.3, -0.25) is 5.10 Å². The first-order valence-electron chi connectivity index (χ1n) is 10.4. The second-order valence-corrected chi connectivity index (χ2v) is 7.53. The van der Waals surface area contributed by atoms with Gasteiger partial charge in [-0.05, 0) is 49.6 Å². The molecule has 8 heteroatoms. The fraction of sp³-hybridized carbons (Fsp3) is 0.348. The fourth-order valence-electron chi connectivity index (χ4n) is 3.49. The van der Waals surface area contributed by atoms with Gasteiger partial charge in [-0.2, -0.15) is 5.10 Å². The van der Waals surface area contributed by atoms with Crippen molar-refractivity contribution >= 4 is 29.9 Å². The fourth-order valence-corrected chi connectivity index (χ4v) is 3.49. The molecule has 0 atom stereocenters. The zero-order chi connectivity index (χ0) is 20.8. The third-order valence-corrected chi connectivity index (χ3v) is 5.45. The highest BCUT2D eigenvalue weighted by molar-refractivity contribution is 14.0. The normalized spacial score (nSPS) is 14.5. The Balaban J connectivity index is 0.00000272. The molecule has 1 aromatic heterocycles. The third kappa shape index (κ3) is 5.75. The van der Waals surface area contributed by atoms with Crippen molar-refractivity contribution in [3.63, 3.8) is 0 Å². The van der Waals surface area contributed by atoms with Crippen LogP contribution in [0.1, 0.15) is 31.2 Å². The molecule has 1 aliphatic rings. The van der Waals surface area contributed by atoms with E-state index in [1.165, 1.54) is 18.4 Å². The Hall–Kier alpha value is -2.62. The Morgan fingerprint density at radius 2 is 1.84 bits per heavy atom. The van der Waals surface area contributed by atoms with Gasteiger partial charge >= 0.3 is 0 Å². The predicted molar refractivity (Wildman–Crippen MR) is 134 cm³/mol. The summed E-state index contributed by atoms with van der Waals surface area (Å²) in [6, 6.07) is 18.4. The predicted octanol–water partition coefficient (Wildman–Crippen LogP) is 3.89. The van der Waals surface area contributed by atoms with E-state index in [0.29, 0.717) is 12.4 Å². The average Bonchev–Trinajstić information content (AvgIpc) is 3.45. The number of nitrogens with one attached hydrogen (secondary N) is 3. The number of aliphatic imine (C=N–C) groups is 1. The summed E-state index contributed by atoms with van der Waals surface area (Å²) < 4.78 is 5.20. The largest absolute Gasteiger partial charge is 0.497 e. The molecule has 1 aliphatic carbocycles. The van der Waals surface area contributed by atoms with Crippen LogP contribution in [-0.2, 0) is 12.0 Å². The quantitative estimate of drug-likeness (QED) is 0.233. The van der Waals surface area contributed by atoms with Gasteiger partial charge in [0.05, 0.1) is 7.11 Å². The van der Waals surface area contributed by atoms with Crippen molar-refractivity contribution in [1.29, 1.82) is 0 Å². The second-order valence-electron chi connectivity index (χ2n) is 7.53. The Labute approximate surface area is 200 Å². The highest BCUT2D eigenvalue weighted by atomic mass is 127. The van der Waals surface area contributed by atoms with Gasteiger partial charge in [0, 0.05) is 24.1 Å². The molecule has 0 bridgehead atoms. The molecular weight excluding hydrogens is 503 g/mol. The van der Waals surface area contributed by atoms with E-state index in [9.17, 15) is 0 Å². The van der Waals surface area contributed by atoms with Gasteiger partial charge in [-0.1, -0.05) is 30.3 Å². The van der Waals surface area contributed by atoms with Crippen molar-refractivity contribution in [3.8, 4) is 17.1 Å². The summed E-state index contributed by atoms with van der Waals surface area (Å²) in [7, 11) is 1.65. The van der Waals surface area contributed by atoms with Crippen LogP contribution in [0, 0.1) is 0 Å². The zero-order valence-electron chi connectivity index (χ0n) is 17.9. The molecule has 0 spiro atoms. The molecule has 3 N–H and O–H groups in total. The van der Waals surface area contributed by atoms with Gasteiger partial charge in [-0.25, -0.2) is 9.98 Å². The minimum absolute atomic E-state index is 0. The molecule has 1 fully saturated rings. The summed E-state index contributed by atoms with van der Waals surface area (Å²) in [5.74, 6) is 2.98. The Morgan fingerprint density at radius 3 is 2.48 bits per heavy atom. The first-order valence-corrected chi connectivity index (χ1v) is 10.4. The molecule has 2 aromatic carbocycles. The first kappa shape index (κ1) is 23.1. The van der Waals surface area contributed by atoms with Crippen LogP contribution < -0.4 is 15.4 Å². The number of guanidine groups is 1. The van der Waals surface area contributed by atoms with E-state index in [1.54, 1.807) is 7.11 Å². The van der Waals surface area contributed by atoms with Gasteiger partial charge < -0.3 is 15.4 Å². The van der Waals surface area contributed by atoms with Crippen molar-refractivity contribution in [2.75, 3.05) is 20.2 Å². The van der Waals surface area contributed by atoms with E-state index in [1.807, 2.05) is 24.3 Å². The molecule has 1 saturated carbocycles. The SMILES string of the molecule is CCNC(=NCc1nc(-c2ccc(OC)cc2)n[nH]1)NCC1(c2ccccc2)CC1.I. The van der Waals surface area contributed by atoms with Crippen molar-refractivity contribution < 1.29 is 4.74 Å². The van der Waals surface area contributed by atoms with Crippen LogP contribution in [0.3, 0.4) is 0 Å². The number of ether oxygens (including phenoxy) is 1. The van der Waals surface area contributed by atoms with Crippen LogP contribution in [-0.4, -0.2) is 41.3 Å². The molecule has 0 saturated heterocycles. The summed E-state index contributed by atoms with van der Waals surface area (Å²) in [5, 5.41) is 14.1. The number of H-pyrrole nitrogens is 1. The zero-order valence-corrected chi connectivity index (χ0v) is 20.2. The summed E-state index contributed by atoms with van der Waals surface area (Å²) >= 11 is 0. The lowest BCUT2D eigenvalue weighted by molar-refractivity contribution is 0.415. The summed E-state index contributed by atoms with van der Waals surface area (Å²) in [4.78, 5) is 9.25. The van der Waals surface area contributed by atoms with Crippen LogP contribution in [0.2, 0.25) is 0 Å². The van der Waals surface area contributed by atoms with E-state index < -0.39 is 0 Å². The molecule has 4 rings (SSSR count). The van der Waals surface area contributed by atoms with Gasteiger partial charge in [-0.15, -0.1) is 24.0 Å². The standard InChI is InChI=1S/C23H28N6O.HI/c1-3-24-22(26-16-23(13-14-23)18-7-5-4-6-8-18)25-15-20-27-21(29-28-20)17-9-11-19(30-2)12-10-17;/h4-12H,3,13-16H2,1-2H3,(H2,24,25,26)(H,27,28,29);1H. The molecule has 1 heterocycles. The van der Waals surface area contributed by atoms with Crippen LogP contribution in [0.5, 0.6) is 5.75 Å². The second kappa shape index (κ2) is 10.6. The lowest BCUT2D eigenvalue weighted by Crippen LogP contribution is -2.41. The van der Waals surface area contributed by atoms with Crippen LogP contribution in [0.4, 0.5) is 0 Å². The maximum absolute atomic E-state index is 5.20. The average molecular weight is 532 g/mol. The van der Waals surface area contributed by atoms with Crippen LogP contribution >= 0.6 is 24.0 Å². The lowest BCUT2D eigenvalue weighted by Gasteiger charge is -2.18. The van der Waals surface area contributed by atoms with E-state index in [-0.39, 0.29) is 29.4 Å². The summed E-state index contributed by atoms with van der Waals surface area (Å²) in [6.07, 6.45) is 2.41. The number of rotatable bonds is 8. The van der Waals surface area contributed by atoms with Crippen LogP contribution in [0.25, 0.3) is 11.4 Å². The van der Waals surface area contributed by atoms with Crippen molar-refractivity contribution in [1.82, 2.24) is 25.8 Å². The van der Waals surface area contributed by atoms with Gasteiger partial charge in [0.15, 0.2) is 11.8 Å². The number of methoxy groups -OCH3 is 1. The number of hydrogen-bond donors (Lipinski definition) is 3. The molecule has 3 aromatic rings. The number of aromatic amines is 1. The van der Waals surface area contributed by atoms with Crippen molar-refractivity contribution in [2.24, 2.45) is 4.99 Å². The number of hydrogen-bond acceptors (Lipinski definition) is 4. The van der Waals surface area contributed by atoms with E-state index in [4.69, 9.17) is 4.74 Å². The Morgan fingerprint density at radius 1 is 1.10 bits per heavy atom. The highest BCUT2D eigenvalue weighted by Crippen LogP contribution is 2.47. The minimum Gasteiger partial charge on any atom is -0.497 e. The third-order valence-electron chi connectivity index (χ3n) is 5.45. The van der Waals surface area contributed by atoms with E-state index in [2.05, 4.69) is 68.1 Å². The Bertz CT molecular complexity index is 983. The number of aromatic nitrogens is 3. The van der Waals surface area contributed by atoms with E-state index >= 15 is 0 Å². The lowest BCUT2D eigenvalue weighted by atomic mass is 9.96. The van der Waals surface area contributed by atoms with Gasteiger partial charge in [0.25, 0.3) is 0 Å². The highest BCUT2D eigenvalue weighted by Gasteiger charge is 2.43. The maximum Gasteiger partial charge on any atom is 0.191 e. The minimum atomic E-state index is 0. The maximum atomic E-state index is 5.20. The van der Waals surface area contributed by atoms with Crippen molar-refractivity contribution in [3.05, 3.63) is 66.0 Å². The number of benzene rings is 2. The molecular formula is C23H29IN6O. The summed E-state index contributed by atoms with van der Waals surface area (Å²) in [5.41, 5.74) is 2.56. The molecule has 31 heavy (non-hydrogen) atoms. The number of halogens is 1. The molecule has 0 amide bonds. The van der Waals surface area contributed by atoms with Crippen LogP contribution in [0.15, 0.2) is 59.6 Å². The summed E-state index contributed by atoms with van der Waals surface area (Å²) in [6.45, 7) is 4.17. The topological polar surface area (TPSA) is 87.2 Å². The molecule has 0 unspecified atom stereocenters. The number of nitrogens with zero attached hydrogens (tertiary/aromatic N) is 3. The van der Waals surface area contributed by atoms with Gasteiger partial charge in [0.2, 0.25) is 0 Å². The molecule has 0 radical (unpaired) electrons. The molecule has 0 aliphatic heterocycles. The van der Waals surface area contributed by atoms with Gasteiger partial charge in [0.1, 0.15) is 18.1 Å². The monoisotopic (exact) mass is 532 g/mol. The Kier molecular flexibility index (Phi) is 7.89. The molecule has 164 valence electrons. The van der Waals surface area contributed by atoms with E-state index in [0.717, 1.165) is 36.2 Å². The first-order chi connectivity index (χ1) is 14.7.